The molecule has 1 unspecified atom stereocenters. The summed E-state index contributed by atoms with van der Waals surface area (Å²) in [4.78, 5) is 59.1. The van der Waals surface area contributed by atoms with Crippen molar-refractivity contribution in [3.8, 4) is 0 Å². The maximum absolute atomic E-state index is 12.6. The topological polar surface area (TPSA) is 127 Å². The molecule has 1 aromatic rings. The van der Waals surface area contributed by atoms with Gasteiger partial charge in [0.2, 0.25) is 17.7 Å². The molecule has 2 aliphatic rings. The summed E-state index contributed by atoms with van der Waals surface area (Å²) in [7, 11) is 0. The Balaban J connectivity index is 2.04. The van der Waals surface area contributed by atoms with E-state index in [-0.39, 0.29) is 30.4 Å². The minimum atomic E-state index is -1.12. The van der Waals surface area contributed by atoms with Gasteiger partial charge in [0.1, 0.15) is 11.6 Å². The SMILES string of the molecule is O=C1CCC(N2C(=O)Cc3cccc([N+](=O)[O-])c3C2=O)C(=O)N1. The molecular weight excluding hydrogens is 306 g/mol. The van der Waals surface area contributed by atoms with E-state index in [0.29, 0.717) is 0 Å². The average molecular weight is 317 g/mol. The first-order valence-electron chi connectivity index (χ1n) is 6.86. The number of imide groups is 2. The van der Waals surface area contributed by atoms with Gasteiger partial charge >= 0.3 is 0 Å². The van der Waals surface area contributed by atoms with Gasteiger partial charge in [0.25, 0.3) is 11.6 Å². The van der Waals surface area contributed by atoms with Crippen LogP contribution in [0.2, 0.25) is 0 Å². The maximum atomic E-state index is 12.6. The van der Waals surface area contributed by atoms with Crippen LogP contribution in [0.4, 0.5) is 5.69 Å². The summed E-state index contributed by atoms with van der Waals surface area (Å²) in [5, 5.41) is 13.2. The van der Waals surface area contributed by atoms with Crippen LogP contribution in [-0.2, 0) is 20.8 Å². The molecule has 0 saturated carbocycles. The van der Waals surface area contributed by atoms with Crippen molar-refractivity contribution in [2.24, 2.45) is 0 Å². The van der Waals surface area contributed by atoms with E-state index < -0.39 is 40.3 Å². The third kappa shape index (κ3) is 2.35. The van der Waals surface area contributed by atoms with Crippen LogP contribution in [0.3, 0.4) is 0 Å². The van der Waals surface area contributed by atoms with Crippen molar-refractivity contribution in [1.29, 1.82) is 0 Å². The summed E-state index contributed by atoms with van der Waals surface area (Å²) in [5.41, 5.74) is -0.322. The number of amides is 4. The number of rotatable bonds is 2. The van der Waals surface area contributed by atoms with Crippen LogP contribution in [0.1, 0.15) is 28.8 Å². The van der Waals surface area contributed by atoms with E-state index in [1.165, 1.54) is 18.2 Å². The van der Waals surface area contributed by atoms with Gasteiger partial charge in [-0.1, -0.05) is 12.1 Å². The van der Waals surface area contributed by atoms with E-state index in [4.69, 9.17) is 0 Å². The predicted octanol–water partition coefficient (Wildman–Crippen LogP) is -0.0751. The van der Waals surface area contributed by atoms with Gasteiger partial charge in [0.15, 0.2) is 0 Å². The fourth-order valence-electron chi connectivity index (χ4n) is 2.86. The van der Waals surface area contributed by atoms with Gasteiger partial charge in [-0.3, -0.25) is 39.5 Å². The summed E-state index contributed by atoms with van der Waals surface area (Å²) in [6.07, 6.45) is -0.199. The Morgan fingerprint density at radius 2 is 1.96 bits per heavy atom. The van der Waals surface area contributed by atoms with Crippen LogP contribution in [0.5, 0.6) is 0 Å². The molecule has 0 aliphatic carbocycles. The Morgan fingerprint density at radius 1 is 1.22 bits per heavy atom. The predicted molar refractivity (Wildman–Crippen MR) is 74.1 cm³/mol. The molecule has 1 saturated heterocycles. The van der Waals surface area contributed by atoms with Crippen LogP contribution in [-0.4, -0.2) is 39.5 Å². The normalized spacial score (nSPS) is 21.0. The summed E-state index contributed by atoms with van der Waals surface area (Å²) < 4.78 is 0. The molecule has 1 aromatic carbocycles. The molecular formula is C14H11N3O6. The second-order valence-electron chi connectivity index (χ2n) is 5.28. The molecule has 2 heterocycles. The molecule has 118 valence electrons. The second kappa shape index (κ2) is 5.27. The molecule has 3 rings (SSSR count). The molecule has 23 heavy (non-hydrogen) atoms. The lowest BCUT2D eigenvalue weighted by molar-refractivity contribution is -0.385. The lowest BCUT2D eigenvalue weighted by Gasteiger charge is -2.34. The monoisotopic (exact) mass is 317 g/mol. The number of fused-ring (bicyclic) bond motifs is 1. The van der Waals surface area contributed by atoms with E-state index >= 15 is 0 Å². The number of nitro groups is 1. The highest BCUT2D eigenvalue weighted by molar-refractivity contribution is 6.15. The lowest BCUT2D eigenvalue weighted by Crippen LogP contribution is -2.58. The highest BCUT2D eigenvalue weighted by Gasteiger charge is 2.43. The highest BCUT2D eigenvalue weighted by Crippen LogP contribution is 2.30. The smallest absolute Gasteiger partial charge is 0.282 e. The molecule has 0 bridgehead atoms. The molecule has 0 spiro atoms. The first kappa shape index (κ1) is 14.8. The molecule has 9 heteroatoms. The zero-order valence-corrected chi connectivity index (χ0v) is 11.8. The molecule has 4 amide bonds. The summed E-state index contributed by atoms with van der Waals surface area (Å²) in [5.74, 6) is -2.71. The minimum Gasteiger partial charge on any atom is -0.295 e. The Labute approximate surface area is 129 Å². The van der Waals surface area contributed by atoms with Crippen molar-refractivity contribution in [3.05, 3.63) is 39.4 Å². The van der Waals surface area contributed by atoms with Gasteiger partial charge in [-0.15, -0.1) is 0 Å². The molecule has 1 fully saturated rings. The summed E-state index contributed by atoms with van der Waals surface area (Å²) in [6.45, 7) is 0. The van der Waals surface area contributed by atoms with Gasteiger partial charge < -0.3 is 0 Å². The van der Waals surface area contributed by atoms with Crippen molar-refractivity contribution < 1.29 is 24.1 Å². The highest BCUT2D eigenvalue weighted by atomic mass is 16.6. The Hall–Kier alpha value is -3.10. The number of nitrogens with zero attached hydrogens (tertiary/aromatic N) is 2. The zero-order chi connectivity index (χ0) is 16.7. The standard InChI is InChI=1S/C14H11N3O6/c18-10-5-4-9(13(20)15-10)16-11(19)6-7-2-1-3-8(17(22)23)12(7)14(16)21/h1-3,9H,4-6H2,(H,15,18,20). The first-order chi connectivity index (χ1) is 10.9. The largest absolute Gasteiger partial charge is 0.295 e. The molecule has 2 aliphatic heterocycles. The van der Waals surface area contributed by atoms with Gasteiger partial charge in [0.05, 0.1) is 11.3 Å². The number of nitro benzene ring substituents is 1. The van der Waals surface area contributed by atoms with E-state index in [0.717, 1.165) is 4.90 Å². The molecule has 1 N–H and O–H groups in total. The van der Waals surface area contributed by atoms with Crippen LogP contribution < -0.4 is 5.32 Å². The fourth-order valence-corrected chi connectivity index (χ4v) is 2.86. The molecule has 9 nitrogen and oxygen atoms in total. The zero-order valence-electron chi connectivity index (χ0n) is 11.8. The molecule has 0 radical (unpaired) electrons. The number of hydrogen-bond acceptors (Lipinski definition) is 6. The maximum Gasteiger partial charge on any atom is 0.282 e. The van der Waals surface area contributed by atoms with Gasteiger partial charge in [-0.05, 0) is 12.0 Å². The summed E-state index contributed by atoms with van der Waals surface area (Å²) >= 11 is 0. The van der Waals surface area contributed by atoms with Crippen molar-refractivity contribution in [1.82, 2.24) is 10.2 Å². The second-order valence-corrected chi connectivity index (χ2v) is 5.28. The van der Waals surface area contributed by atoms with Crippen LogP contribution >= 0.6 is 0 Å². The van der Waals surface area contributed by atoms with E-state index in [9.17, 15) is 29.3 Å². The number of carbonyl (C=O) groups excluding carboxylic acids is 4. The van der Waals surface area contributed by atoms with Crippen LogP contribution in [0.25, 0.3) is 0 Å². The first-order valence-corrected chi connectivity index (χ1v) is 6.86. The number of benzene rings is 1. The number of piperidine rings is 1. The van der Waals surface area contributed by atoms with Crippen molar-refractivity contribution in [2.45, 2.75) is 25.3 Å². The summed E-state index contributed by atoms with van der Waals surface area (Å²) in [6, 6.07) is 2.93. The Bertz CT molecular complexity index is 772. The average Bonchev–Trinajstić information content (AvgIpc) is 2.48. The lowest BCUT2D eigenvalue weighted by atomic mass is 9.93. The van der Waals surface area contributed by atoms with E-state index in [2.05, 4.69) is 5.32 Å². The number of carbonyl (C=O) groups is 4. The van der Waals surface area contributed by atoms with Gasteiger partial charge in [-0.2, -0.15) is 0 Å². The van der Waals surface area contributed by atoms with Crippen molar-refractivity contribution in [3.63, 3.8) is 0 Å². The van der Waals surface area contributed by atoms with E-state index in [1.807, 2.05) is 0 Å². The number of hydrogen-bond donors (Lipinski definition) is 1. The minimum absolute atomic E-state index is 0.00277. The fraction of sp³-hybridized carbons (Fsp3) is 0.286. The Kier molecular flexibility index (Phi) is 3.40. The van der Waals surface area contributed by atoms with Crippen LogP contribution in [0, 0.1) is 10.1 Å². The third-order valence-electron chi connectivity index (χ3n) is 3.89. The van der Waals surface area contributed by atoms with Gasteiger partial charge in [-0.25, -0.2) is 0 Å². The molecule has 1 atom stereocenters. The van der Waals surface area contributed by atoms with E-state index in [1.54, 1.807) is 0 Å². The quantitative estimate of drug-likeness (QED) is 0.462. The van der Waals surface area contributed by atoms with Crippen molar-refractivity contribution >= 4 is 29.3 Å². The Morgan fingerprint density at radius 3 is 2.61 bits per heavy atom. The number of nitrogens with one attached hydrogen (secondary N) is 1. The molecule has 0 aromatic heterocycles. The third-order valence-corrected chi connectivity index (χ3v) is 3.89. The van der Waals surface area contributed by atoms with Crippen molar-refractivity contribution in [2.75, 3.05) is 0 Å². The van der Waals surface area contributed by atoms with Gasteiger partial charge in [0, 0.05) is 12.5 Å². The van der Waals surface area contributed by atoms with Crippen LogP contribution in [0.15, 0.2) is 18.2 Å².